The van der Waals surface area contributed by atoms with Crippen LogP contribution in [-0.4, -0.2) is 49.7 Å². The van der Waals surface area contributed by atoms with Crippen molar-refractivity contribution in [1.29, 1.82) is 0 Å². The third kappa shape index (κ3) is 4.92. The lowest BCUT2D eigenvalue weighted by Gasteiger charge is -2.28. The molecule has 0 saturated heterocycles. The van der Waals surface area contributed by atoms with Gasteiger partial charge in [-0.05, 0) is 71.5 Å². The van der Waals surface area contributed by atoms with Gasteiger partial charge in [-0.3, -0.25) is 9.59 Å². The number of rotatable bonds is 6. The number of amides is 2. The standard InChI is InChI=1S/C22H24IN3O5/c1-13-10-17(23)7-8-18(13)25(14(2)27)12-21-26(15(3)28)24-22(31-21)16-6-9-19(29-4)20(11-16)30-5/h6-11,21H,12H2,1-5H3/t21-/m0/s1. The van der Waals surface area contributed by atoms with Crippen LogP contribution in [0.2, 0.25) is 0 Å². The van der Waals surface area contributed by atoms with Gasteiger partial charge < -0.3 is 19.1 Å². The highest BCUT2D eigenvalue weighted by Gasteiger charge is 2.34. The van der Waals surface area contributed by atoms with Gasteiger partial charge in [-0.15, -0.1) is 5.10 Å². The van der Waals surface area contributed by atoms with Crippen molar-refractivity contribution in [2.75, 3.05) is 25.7 Å². The average molecular weight is 537 g/mol. The highest BCUT2D eigenvalue weighted by Crippen LogP contribution is 2.30. The zero-order valence-corrected chi connectivity index (χ0v) is 20.2. The molecule has 2 aromatic rings. The Labute approximate surface area is 194 Å². The van der Waals surface area contributed by atoms with E-state index in [0.29, 0.717) is 17.1 Å². The minimum absolute atomic E-state index is 0.136. The first-order chi connectivity index (χ1) is 14.7. The molecule has 1 aliphatic heterocycles. The van der Waals surface area contributed by atoms with E-state index in [-0.39, 0.29) is 24.3 Å². The molecule has 0 saturated carbocycles. The summed E-state index contributed by atoms with van der Waals surface area (Å²) in [6, 6.07) is 11.1. The minimum atomic E-state index is -0.761. The molecule has 0 fully saturated rings. The Bertz CT molecular complexity index is 1040. The maximum atomic E-state index is 12.4. The lowest BCUT2D eigenvalue weighted by atomic mass is 10.1. The molecule has 0 aromatic heterocycles. The van der Waals surface area contributed by atoms with Crippen molar-refractivity contribution in [3.8, 4) is 11.5 Å². The molecular formula is C22H24IN3O5. The summed E-state index contributed by atoms with van der Waals surface area (Å²) in [7, 11) is 3.09. The van der Waals surface area contributed by atoms with Gasteiger partial charge in [-0.2, -0.15) is 5.01 Å². The number of halogens is 1. The largest absolute Gasteiger partial charge is 0.493 e. The highest BCUT2D eigenvalue weighted by molar-refractivity contribution is 14.1. The Hall–Kier alpha value is -2.82. The van der Waals surface area contributed by atoms with E-state index in [9.17, 15) is 9.59 Å². The Morgan fingerprint density at radius 3 is 2.42 bits per heavy atom. The number of ether oxygens (including phenoxy) is 3. The van der Waals surface area contributed by atoms with Crippen molar-refractivity contribution in [2.24, 2.45) is 5.10 Å². The summed E-state index contributed by atoms with van der Waals surface area (Å²) in [5.41, 5.74) is 2.35. The first kappa shape index (κ1) is 22.9. The molecule has 164 valence electrons. The van der Waals surface area contributed by atoms with Gasteiger partial charge in [0.2, 0.25) is 23.9 Å². The maximum Gasteiger partial charge on any atom is 0.243 e. The number of hydrazone groups is 1. The first-order valence-corrected chi connectivity index (χ1v) is 10.6. The molecule has 0 N–H and O–H groups in total. The molecule has 8 nitrogen and oxygen atoms in total. The fourth-order valence-electron chi connectivity index (χ4n) is 3.32. The topological polar surface area (TPSA) is 80.7 Å². The lowest BCUT2D eigenvalue weighted by Crippen LogP contribution is -2.44. The summed E-state index contributed by atoms with van der Waals surface area (Å²) in [6.07, 6.45) is -0.761. The molecule has 9 heteroatoms. The van der Waals surface area contributed by atoms with E-state index < -0.39 is 6.23 Å². The molecule has 1 aliphatic rings. The number of methoxy groups -OCH3 is 2. The second-order valence-corrected chi connectivity index (χ2v) is 8.22. The van der Waals surface area contributed by atoms with Crippen LogP contribution < -0.4 is 14.4 Å². The van der Waals surface area contributed by atoms with Gasteiger partial charge >= 0.3 is 0 Å². The van der Waals surface area contributed by atoms with Crippen molar-refractivity contribution in [2.45, 2.75) is 27.0 Å². The molecule has 3 rings (SSSR count). The molecule has 0 unspecified atom stereocenters. The molecule has 0 spiro atoms. The van der Waals surface area contributed by atoms with Crippen molar-refractivity contribution < 1.29 is 23.8 Å². The molecule has 0 radical (unpaired) electrons. The van der Waals surface area contributed by atoms with Gasteiger partial charge in [0.05, 0.1) is 20.8 Å². The van der Waals surface area contributed by atoms with Gasteiger partial charge in [0.1, 0.15) is 0 Å². The van der Waals surface area contributed by atoms with Gasteiger partial charge in [0, 0.05) is 28.7 Å². The summed E-state index contributed by atoms with van der Waals surface area (Å²) in [6.45, 7) is 4.97. The van der Waals surface area contributed by atoms with E-state index in [2.05, 4.69) is 27.7 Å². The SMILES string of the molecule is COc1ccc(C2=NN(C(C)=O)[C@H](CN(C(C)=O)c3ccc(I)cc3C)O2)cc1OC. The van der Waals surface area contributed by atoms with Gasteiger partial charge in [0.15, 0.2) is 11.5 Å². The first-order valence-electron chi connectivity index (χ1n) is 9.56. The smallest absolute Gasteiger partial charge is 0.243 e. The number of aryl methyl sites for hydroxylation is 1. The van der Waals surface area contributed by atoms with E-state index in [0.717, 1.165) is 14.8 Å². The van der Waals surface area contributed by atoms with Crippen LogP contribution >= 0.6 is 22.6 Å². The van der Waals surface area contributed by atoms with Crippen LogP contribution in [0.4, 0.5) is 5.69 Å². The summed E-state index contributed by atoms with van der Waals surface area (Å²) in [5, 5.41) is 5.61. The van der Waals surface area contributed by atoms with Crippen LogP contribution in [0.1, 0.15) is 25.0 Å². The zero-order valence-electron chi connectivity index (χ0n) is 18.0. The molecule has 1 heterocycles. The van der Waals surface area contributed by atoms with E-state index in [4.69, 9.17) is 14.2 Å². The van der Waals surface area contributed by atoms with Gasteiger partial charge in [-0.25, -0.2) is 0 Å². The van der Waals surface area contributed by atoms with Gasteiger partial charge in [0.25, 0.3) is 0 Å². The predicted molar refractivity (Wildman–Crippen MR) is 125 cm³/mol. The molecule has 0 aliphatic carbocycles. The Balaban J connectivity index is 1.90. The number of benzene rings is 2. The zero-order chi connectivity index (χ0) is 22.7. The second kappa shape index (κ2) is 9.54. The Morgan fingerprint density at radius 1 is 1.13 bits per heavy atom. The van der Waals surface area contributed by atoms with E-state index in [1.165, 1.54) is 26.0 Å². The number of carbonyl (C=O) groups excluding carboxylic acids is 2. The summed E-state index contributed by atoms with van der Waals surface area (Å²) in [4.78, 5) is 26.3. The Morgan fingerprint density at radius 2 is 1.84 bits per heavy atom. The third-order valence-electron chi connectivity index (χ3n) is 4.84. The number of hydrogen-bond acceptors (Lipinski definition) is 6. The monoisotopic (exact) mass is 537 g/mol. The molecular weight excluding hydrogens is 513 g/mol. The predicted octanol–water partition coefficient (Wildman–Crippen LogP) is 3.54. The van der Waals surface area contributed by atoms with Gasteiger partial charge in [-0.1, -0.05) is 0 Å². The van der Waals surface area contributed by atoms with E-state index in [1.807, 2.05) is 25.1 Å². The van der Waals surface area contributed by atoms with Crippen LogP contribution in [0.5, 0.6) is 11.5 Å². The number of carbonyl (C=O) groups is 2. The van der Waals surface area contributed by atoms with E-state index >= 15 is 0 Å². The minimum Gasteiger partial charge on any atom is -0.493 e. The van der Waals surface area contributed by atoms with Crippen molar-refractivity contribution in [1.82, 2.24) is 5.01 Å². The number of hydrogen-bond donors (Lipinski definition) is 0. The number of nitrogens with zero attached hydrogens (tertiary/aromatic N) is 3. The summed E-state index contributed by atoms with van der Waals surface area (Å²) >= 11 is 2.23. The van der Waals surface area contributed by atoms with Crippen LogP contribution in [0, 0.1) is 10.5 Å². The molecule has 1 atom stereocenters. The van der Waals surface area contributed by atoms with Crippen LogP contribution in [-0.2, 0) is 14.3 Å². The van der Waals surface area contributed by atoms with Crippen LogP contribution in [0.3, 0.4) is 0 Å². The van der Waals surface area contributed by atoms with Crippen molar-refractivity contribution in [3.05, 3.63) is 51.1 Å². The van der Waals surface area contributed by atoms with Crippen LogP contribution in [0.25, 0.3) is 0 Å². The third-order valence-corrected chi connectivity index (χ3v) is 5.51. The quantitative estimate of drug-likeness (QED) is 0.527. The fraction of sp³-hybridized carbons (Fsp3) is 0.318. The number of anilines is 1. The highest BCUT2D eigenvalue weighted by atomic mass is 127. The second-order valence-electron chi connectivity index (χ2n) is 6.97. The molecule has 31 heavy (non-hydrogen) atoms. The lowest BCUT2D eigenvalue weighted by molar-refractivity contribution is -0.135. The summed E-state index contributed by atoms with van der Waals surface area (Å²) < 4.78 is 17.7. The average Bonchev–Trinajstić information content (AvgIpc) is 3.16. The van der Waals surface area contributed by atoms with Crippen LogP contribution in [0.15, 0.2) is 41.5 Å². The Kier molecular flexibility index (Phi) is 7.04. The van der Waals surface area contributed by atoms with Crippen molar-refractivity contribution in [3.63, 3.8) is 0 Å². The molecule has 0 bridgehead atoms. The fourth-order valence-corrected chi connectivity index (χ4v) is 3.97. The van der Waals surface area contributed by atoms with Crippen molar-refractivity contribution >= 4 is 46.0 Å². The molecule has 2 amide bonds. The molecule has 2 aromatic carbocycles. The van der Waals surface area contributed by atoms with E-state index in [1.54, 1.807) is 30.2 Å². The summed E-state index contributed by atoms with van der Waals surface area (Å²) in [5.74, 6) is 0.911. The normalized spacial score (nSPS) is 15.2. The maximum absolute atomic E-state index is 12.4.